The second-order valence-electron chi connectivity index (χ2n) is 3.54. The van der Waals surface area contributed by atoms with Gasteiger partial charge in [0.2, 0.25) is 0 Å². The first-order valence-electron chi connectivity index (χ1n) is 4.68. The van der Waals surface area contributed by atoms with Crippen molar-refractivity contribution in [3.8, 4) is 0 Å². The monoisotopic (exact) mass is 258 g/mol. The molecule has 0 spiro atoms. The molecular weight excluding hydrogens is 253 g/mol. The first kappa shape index (κ1) is 12.1. The van der Waals surface area contributed by atoms with Gasteiger partial charge in [-0.25, -0.2) is 0 Å². The number of aromatic nitrogens is 1. The third kappa shape index (κ3) is 2.04. The standard InChI is InChI=1S/C10H5F3N2O3/c11-10(12,13)6-1-2-7-5(3-6)4-8(15(17)18)9(16)14-7/h1-4H,(H,14,16). The Morgan fingerprint density at radius 2 is 1.89 bits per heavy atom. The Balaban J connectivity index is 2.73. The second kappa shape index (κ2) is 3.83. The molecule has 94 valence electrons. The molecular formula is C10H5F3N2O3. The highest BCUT2D eigenvalue weighted by atomic mass is 19.4. The molecule has 2 rings (SSSR count). The Kier molecular flexibility index (Phi) is 2.57. The van der Waals surface area contributed by atoms with E-state index in [1.807, 2.05) is 0 Å². The molecule has 0 aliphatic carbocycles. The van der Waals surface area contributed by atoms with Gasteiger partial charge in [0.15, 0.2) is 0 Å². The Labute approximate surface area is 97.0 Å². The summed E-state index contributed by atoms with van der Waals surface area (Å²) >= 11 is 0. The molecule has 0 atom stereocenters. The van der Waals surface area contributed by atoms with Crippen LogP contribution in [0.2, 0.25) is 0 Å². The van der Waals surface area contributed by atoms with E-state index in [0.29, 0.717) is 0 Å². The number of nitrogens with zero attached hydrogens (tertiary/aromatic N) is 1. The highest BCUT2D eigenvalue weighted by Crippen LogP contribution is 2.31. The van der Waals surface area contributed by atoms with Gasteiger partial charge in [-0.1, -0.05) is 0 Å². The molecule has 1 aromatic carbocycles. The summed E-state index contributed by atoms with van der Waals surface area (Å²) in [7, 11) is 0. The van der Waals surface area contributed by atoms with Crippen LogP contribution >= 0.6 is 0 Å². The van der Waals surface area contributed by atoms with Crippen LogP contribution in [-0.4, -0.2) is 9.91 Å². The van der Waals surface area contributed by atoms with Gasteiger partial charge in [-0.05, 0) is 18.2 Å². The van der Waals surface area contributed by atoms with Crippen LogP contribution in [0.1, 0.15) is 5.56 Å². The minimum Gasteiger partial charge on any atom is -0.316 e. The first-order chi connectivity index (χ1) is 8.29. The van der Waals surface area contributed by atoms with Crippen molar-refractivity contribution in [3.63, 3.8) is 0 Å². The summed E-state index contributed by atoms with van der Waals surface area (Å²) < 4.78 is 37.3. The number of nitrogens with one attached hydrogen (secondary N) is 1. The zero-order chi connectivity index (χ0) is 13.5. The number of halogens is 3. The molecule has 0 bridgehead atoms. The van der Waals surface area contributed by atoms with E-state index in [-0.39, 0.29) is 10.9 Å². The van der Waals surface area contributed by atoms with Crippen molar-refractivity contribution < 1.29 is 18.1 Å². The summed E-state index contributed by atoms with van der Waals surface area (Å²) in [6.07, 6.45) is -4.54. The van der Waals surface area contributed by atoms with Crippen LogP contribution in [0.3, 0.4) is 0 Å². The molecule has 0 aliphatic heterocycles. The van der Waals surface area contributed by atoms with Crippen molar-refractivity contribution in [1.82, 2.24) is 4.98 Å². The summed E-state index contributed by atoms with van der Waals surface area (Å²) in [4.78, 5) is 23.0. The van der Waals surface area contributed by atoms with Gasteiger partial charge in [0.1, 0.15) is 0 Å². The molecule has 0 unspecified atom stereocenters. The highest BCUT2D eigenvalue weighted by molar-refractivity contribution is 5.81. The number of pyridine rings is 1. The predicted octanol–water partition coefficient (Wildman–Crippen LogP) is 2.46. The Morgan fingerprint density at radius 1 is 1.22 bits per heavy atom. The van der Waals surface area contributed by atoms with Gasteiger partial charge in [0.25, 0.3) is 0 Å². The van der Waals surface area contributed by atoms with Gasteiger partial charge in [-0.3, -0.25) is 14.9 Å². The van der Waals surface area contributed by atoms with Crippen LogP contribution in [0, 0.1) is 10.1 Å². The van der Waals surface area contributed by atoms with Crippen molar-refractivity contribution >= 4 is 16.6 Å². The van der Waals surface area contributed by atoms with Crippen molar-refractivity contribution in [2.24, 2.45) is 0 Å². The Bertz CT molecular complexity index is 691. The van der Waals surface area contributed by atoms with Crippen LogP contribution in [0.25, 0.3) is 10.9 Å². The zero-order valence-electron chi connectivity index (χ0n) is 8.62. The molecule has 1 N–H and O–H groups in total. The lowest BCUT2D eigenvalue weighted by Gasteiger charge is -2.07. The molecule has 1 aromatic heterocycles. The van der Waals surface area contributed by atoms with Crippen LogP contribution in [0.5, 0.6) is 0 Å². The van der Waals surface area contributed by atoms with Crippen LogP contribution in [0.15, 0.2) is 29.1 Å². The van der Waals surface area contributed by atoms with E-state index in [9.17, 15) is 28.1 Å². The van der Waals surface area contributed by atoms with Gasteiger partial charge in [0.05, 0.1) is 10.5 Å². The fraction of sp³-hybridized carbons (Fsp3) is 0.100. The zero-order valence-corrected chi connectivity index (χ0v) is 8.62. The maximum Gasteiger partial charge on any atom is 0.416 e. The van der Waals surface area contributed by atoms with Crippen molar-refractivity contribution in [1.29, 1.82) is 0 Å². The molecule has 0 aliphatic rings. The van der Waals surface area contributed by atoms with Crippen molar-refractivity contribution in [3.05, 3.63) is 50.3 Å². The molecule has 0 amide bonds. The van der Waals surface area contributed by atoms with E-state index in [4.69, 9.17) is 0 Å². The number of rotatable bonds is 1. The maximum atomic E-state index is 12.4. The summed E-state index contributed by atoms with van der Waals surface area (Å²) in [5.41, 5.74) is -2.57. The second-order valence-corrected chi connectivity index (χ2v) is 3.54. The number of nitro groups is 1. The Morgan fingerprint density at radius 3 is 2.44 bits per heavy atom. The normalized spacial score (nSPS) is 11.7. The predicted molar refractivity (Wildman–Crippen MR) is 56.2 cm³/mol. The summed E-state index contributed by atoms with van der Waals surface area (Å²) in [6.45, 7) is 0. The lowest BCUT2D eigenvalue weighted by atomic mass is 10.1. The fourth-order valence-corrected chi connectivity index (χ4v) is 1.51. The minimum atomic E-state index is -4.54. The first-order valence-corrected chi connectivity index (χ1v) is 4.68. The van der Waals surface area contributed by atoms with Gasteiger partial charge < -0.3 is 4.98 Å². The molecule has 0 saturated carbocycles. The average molecular weight is 258 g/mol. The maximum absolute atomic E-state index is 12.4. The number of H-pyrrole nitrogens is 1. The number of fused-ring (bicyclic) bond motifs is 1. The third-order valence-corrected chi connectivity index (χ3v) is 2.35. The highest BCUT2D eigenvalue weighted by Gasteiger charge is 2.30. The smallest absolute Gasteiger partial charge is 0.316 e. The molecule has 5 nitrogen and oxygen atoms in total. The molecule has 0 saturated heterocycles. The summed E-state index contributed by atoms with van der Waals surface area (Å²) in [5, 5.41) is 10.5. The fourth-order valence-electron chi connectivity index (χ4n) is 1.51. The number of alkyl halides is 3. The number of hydrogen-bond donors (Lipinski definition) is 1. The lowest BCUT2D eigenvalue weighted by molar-refractivity contribution is -0.386. The van der Waals surface area contributed by atoms with E-state index in [1.54, 1.807) is 0 Å². The third-order valence-electron chi connectivity index (χ3n) is 2.35. The van der Waals surface area contributed by atoms with Crippen LogP contribution < -0.4 is 5.56 Å². The van der Waals surface area contributed by atoms with Crippen LogP contribution in [-0.2, 0) is 6.18 Å². The van der Waals surface area contributed by atoms with Gasteiger partial charge >= 0.3 is 17.4 Å². The van der Waals surface area contributed by atoms with Crippen molar-refractivity contribution in [2.75, 3.05) is 0 Å². The molecule has 0 fully saturated rings. The average Bonchev–Trinajstić information content (AvgIpc) is 2.25. The van der Waals surface area contributed by atoms with Gasteiger partial charge in [0, 0.05) is 17.0 Å². The van der Waals surface area contributed by atoms with Gasteiger partial charge in [-0.15, -0.1) is 0 Å². The topological polar surface area (TPSA) is 76.0 Å². The van der Waals surface area contributed by atoms with Crippen molar-refractivity contribution in [2.45, 2.75) is 6.18 Å². The molecule has 1 heterocycles. The number of benzene rings is 1. The lowest BCUT2D eigenvalue weighted by Crippen LogP contribution is -2.11. The van der Waals surface area contributed by atoms with E-state index in [0.717, 1.165) is 24.3 Å². The molecule has 18 heavy (non-hydrogen) atoms. The van der Waals surface area contributed by atoms with Gasteiger partial charge in [-0.2, -0.15) is 13.2 Å². The minimum absolute atomic E-state index is 0.0453. The molecule has 0 radical (unpaired) electrons. The number of hydrogen-bond acceptors (Lipinski definition) is 3. The SMILES string of the molecule is O=c1[nH]c2ccc(C(F)(F)F)cc2cc1[N+](=O)[O-]. The van der Waals surface area contributed by atoms with E-state index in [1.165, 1.54) is 0 Å². The van der Waals surface area contributed by atoms with E-state index < -0.39 is 27.9 Å². The van der Waals surface area contributed by atoms with E-state index >= 15 is 0 Å². The van der Waals surface area contributed by atoms with Crippen LogP contribution in [0.4, 0.5) is 18.9 Å². The Hall–Kier alpha value is -2.38. The summed E-state index contributed by atoms with van der Waals surface area (Å²) in [6, 6.07) is 3.43. The molecule has 2 aromatic rings. The quantitative estimate of drug-likeness (QED) is 0.630. The largest absolute Gasteiger partial charge is 0.416 e. The number of aromatic amines is 1. The molecule has 8 heteroatoms. The summed E-state index contributed by atoms with van der Waals surface area (Å²) in [5.74, 6) is 0. The van der Waals surface area contributed by atoms with E-state index in [2.05, 4.69) is 4.98 Å².